The number of rotatable bonds is 1. The molecule has 0 spiro atoms. The van der Waals surface area contributed by atoms with Crippen LogP contribution in [0.5, 0.6) is 0 Å². The van der Waals surface area contributed by atoms with Gasteiger partial charge < -0.3 is 28.4 Å². The molecule has 6 bridgehead atoms. The van der Waals surface area contributed by atoms with Gasteiger partial charge in [0.05, 0.1) is 68.3 Å². The van der Waals surface area contributed by atoms with Crippen molar-refractivity contribution in [2.75, 3.05) is 72.3 Å². The van der Waals surface area contributed by atoms with Crippen molar-refractivity contribution >= 4 is 46.4 Å². The van der Waals surface area contributed by atoms with E-state index < -0.39 is 11.9 Å². The number of carbonyl (C=O) groups is 2. The molecule has 204 valence electrons. The van der Waals surface area contributed by atoms with Gasteiger partial charge in [-0.15, -0.1) is 34.4 Å². The molecule has 4 heterocycles. The summed E-state index contributed by atoms with van der Waals surface area (Å²) in [6, 6.07) is 8.93. The number of fused-ring (bicyclic) bond motifs is 8. The summed E-state index contributed by atoms with van der Waals surface area (Å²) in [5.74, 6) is -0.349. The van der Waals surface area contributed by atoms with Crippen LogP contribution in [0.25, 0.3) is 21.3 Å². The molecule has 4 rings (SSSR count). The first-order valence-electron chi connectivity index (χ1n) is 11.9. The number of aromatic nitrogens is 2. The number of nitrogens with zero attached hydrogens (tertiary/aromatic N) is 2. The Bertz CT molecular complexity index is 1110. The van der Waals surface area contributed by atoms with E-state index in [1.807, 2.05) is 18.4 Å². The highest BCUT2D eigenvalue weighted by atomic mass is 32.2. The molecule has 13 heteroatoms. The van der Waals surface area contributed by atoms with E-state index in [0.717, 1.165) is 14.8 Å². The van der Waals surface area contributed by atoms with E-state index in [9.17, 15) is 9.59 Å². The minimum atomic E-state index is -0.428. The molecule has 0 radical (unpaired) electrons. The van der Waals surface area contributed by atoms with Crippen LogP contribution >= 0.6 is 34.4 Å². The summed E-state index contributed by atoms with van der Waals surface area (Å²) in [6.07, 6.45) is 1.93. The summed E-state index contributed by atoms with van der Waals surface area (Å²) in [6.45, 7) is 3.32. The topological polar surface area (TPSA) is 115 Å². The van der Waals surface area contributed by atoms with Gasteiger partial charge in [0.1, 0.15) is 28.0 Å². The number of esters is 2. The number of cyclic esters (lactones) is 2. The largest absolute Gasteiger partial charge is 0.459 e. The Hall–Kier alpha value is -2.39. The molecule has 10 nitrogen and oxygen atoms in total. The molecule has 0 aliphatic carbocycles. The van der Waals surface area contributed by atoms with Crippen LogP contribution in [0.3, 0.4) is 0 Å². The summed E-state index contributed by atoms with van der Waals surface area (Å²) >= 11 is 4.04. The van der Waals surface area contributed by atoms with E-state index in [2.05, 4.69) is 4.98 Å². The second-order valence-corrected chi connectivity index (χ2v) is 10.7. The lowest BCUT2D eigenvalue weighted by molar-refractivity contribution is -0.0135. The third-order valence-electron chi connectivity index (χ3n) is 5.04. The standard InChI is InChI=1S/C25H28N2O8S3/c1-36-22-16-17-18-2-4-20(37-18)24(28)34-14-12-32-10-8-30-6-7-31-9-11-33-13-15-35-25(29)21-5-3-19(38-21)23(26-17)27-22/h2-5,16H,6-15H2,1H3. The Morgan fingerprint density at radius 1 is 0.632 bits per heavy atom. The zero-order chi connectivity index (χ0) is 26.6. The Morgan fingerprint density at radius 3 is 1.61 bits per heavy atom. The molecule has 38 heavy (non-hydrogen) atoms. The van der Waals surface area contributed by atoms with Gasteiger partial charge in [0.25, 0.3) is 0 Å². The van der Waals surface area contributed by atoms with Crippen LogP contribution in [-0.2, 0) is 28.4 Å². The maximum atomic E-state index is 12.5. The number of ether oxygens (including phenoxy) is 6. The van der Waals surface area contributed by atoms with Crippen LogP contribution in [0, 0.1) is 0 Å². The van der Waals surface area contributed by atoms with Gasteiger partial charge in [-0.3, -0.25) is 0 Å². The molecule has 1 aliphatic rings. The average molecular weight is 581 g/mol. The van der Waals surface area contributed by atoms with Gasteiger partial charge in [-0.25, -0.2) is 19.6 Å². The average Bonchev–Trinajstić information content (AvgIpc) is 3.63. The van der Waals surface area contributed by atoms with Gasteiger partial charge >= 0.3 is 11.9 Å². The lowest BCUT2D eigenvalue weighted by Gasteiger charge is -2.08. The van der Waals surface area contributed by atoms with Gasteiger partial charge in [0, 0.05) is 0 Å². The van der Waals surface area contributed by atoms with Crippen molar-refractivity contribution in [3.05, 3.63) is 40.1 Å². The number of hydrogen-bond acceptors (Lipinski definition) is 13. The van der Waals surface area contributed by atoms with Crippen LogP contribution in [0.15, 0.2) is 35.4 Å². The van der Waals surface area contributed by atoms with E-state index in [-0.39, 0.29) is 26.4 Å². The van der Waals surface area contributed by atoms with Gasteiger partial charge in [0.15, 0.2) is 5.82 Å². The van der Waals surface area contributed by atoms with Crippen molar-refractivity contribution < 1.29 is 38.0 Å². The molecule has 0 unspecified atom stereocenters. The molecule has 3 aromatic rings. The Labute approximate surface area is 232 Å². The summed E-state index contributed by atoms with van der Waals surface area (Å²) < 4.78 is 32.4. The minimum Gasteiger partial charge on any atom is -0.459 e. The van der Waals surface area contributed by atoms with Gasteiger partial charge in [-0.1, -0.05) is 0 Å². The summed E-state index contributed by atoms with van der Waals surface area (Å²) in [4.78, 5) is 36.8. The summed E-state index contributed by atoms with van der Waals surface area (Å²) in [5.41, 5.74) is 0.683. The quantitative estimate of drug-likeness (QED) is 0.236. The van der Waals surface area contributed by atoms with Crippen LogP contribution < -0.4 is 0 Å². The molecule has 0 saturated heterocycles. The van der Waals surface area contributed by atoms with Crippen LogP contribution in [0.2, 0.25) is 0 Å². The number of hydrogen-bond donors (Lipinski definition) is 0. The summed E-state index contributed by atoms with van der Waals surface area (Å²) in [7, 11) is 0. The fraction of sp³-hybridized carbons (Fsp3) is 0.440. The van der Waals surface area contributed by atoms with Crippen molar-refractivity contribution in [3.63, 3.8) is 0 Å². The summed E-state index contributed by atoms with van der Waals surface area (Å²) in [5, 5.41) is 0.770. The Balaban J connectivity index is 1.48. The number of thiophene rings is 2. The molecule has 0 saturated carbocycles. The molecule has 0 atom stereocenters. The van der Waals surface area contributed by atoms with Crippen LogP contribution in [-0.4, -0.2) is 94.2 Å². The predicted octanol–water partition coefficient (Wildman–Crippen LogP) is 4.05. The first kappa shape index (κ1) is 28.6. The molecular formula is C25H28N2O8S3. The first-order valence-corrected chi connectivity index (χ1v) is 14.8. The molecular weight excluding hydrogens is 552 g/mol. The smallest absolute Gasteiger partial charge is 0.348 e. The van der Waals surface area contributed by atoms with Crippen LogP contribution in [0.4, 0.5) is 0 Å². The predicted molar refractivity (Wildman–Crippen MR) is 144 cm³/mol. The molecule has 0 aromatic carbocycles. The molecule has 3 aromatic heterocycles. The maximum Gasteiger partial charge on any atom is 0.348 e. The second-order valence-electron chi connectivity index (χ2n) is 7.67. The van der Waals surface area contributed by atoms with Crippen molar-refractivity contribution in [3.8, 4) is 21.3 Å². The molecule has 0 N–H and O–H groups in total. The van der Waals surface area contributed by atoms with Gasteiger partial charge in [-0.05, 0) is 36.6 Å². The van der Waals surface area contributed by atoms with Crippen molar-refractivity contribution in [2.45, 2.75) is 5.03 Å². The zero-order valence-electron chi connectivity index (χ0n) is 20.8. The zero-order valence-corrected chi connectivity index (χ0v) is 23.3. The molecule has 1 aliphatic heterocycles. The number of carbonyl (C=O) groups excluding carboxylic acids is 2. The third kappa shape index (κ3) is 8.56. The van der Waals surface area contributed by atoms with Crippen molar-refractivity contribution in [1.29, 1.82) is 0 Å². The van der Waals surface area contributed by atoms with Gasteiger partial charge in [-0.2, -0.15) is 0 Å². The van der Waals surface area contributed by atoms with Crippen LogP contribution in [0.1, 0.15) is 19.3 Å². The van der Waals surface area contributed by atoms with E-state index >= 15 is 0 Å². The first-order chi connectivity index (χ1) is 18.6. The highest BCUT2D eigenvalue weighted by Crippen LogP contribution is 2.33. The highest BCUT2D eigenvalue weighted by Gasteiger charge is 2.17. The number of thioether (sulfide) groups is 1. The lowest BCUT2D eigenvalue weighted by atomic mass is 10.3. The molecule has 0 amide bonds. The molecule has 0 fully saturated rings. The lowest BCUT2D eigenvalue weighted by Crippen LogP contribution is -2.15. The Kier molecular flexibility index (Phi) is 11.5. The van der Waals surface area contributed by atoms with E-state index in [1.54, 1.807) is 18.2 Å². The fourth-order valence-electron chi connectivity index (χ4n) is 3.21. The second kappa shape index (κ2) is 15.3. The van der Waals surface area contributed by atoms with Gasteiger partial charge in [0.2, 0.25) is 0 Å². The fourth-order valence-corrected chi connectivity index (χ4v) is 5.31. The monoisotopic (exact) mass is 580 g/mol. The maximum absolute atomic E-state index is 12.5. The van der Waals surface area contributed by atoms with E-state index in [0.29, 0.717) is 60.9 Å². The highest BCUT2D eigenvalue weighted by molar-refractivity contribution is 7.98. The van der Waals surface area contributed by atoms with Crippen molar-refractivity contribution in [1.82, 2.24) is 9.97 Å². The SMILES string of the molecule is CSc1cc2nc(n1)-c1ccc(s1)C(=O)OCCOCCOCCOCCOCCOC(=O)c1ccc-2s1. The van der Waals surface area contributed by atoms with E-state index in [4.69, 9.17) is 33.4 Å². The third-order valence-corrected chi connectivity index (χ3v) is 7.81. The Morgan fingerprint density at radius 2 is 1.08 bits per heavy atom. The minimum absolute atomic E-state index is 0.140. The van der Waals surface area contributed by atoms with E-state index in [1.165, 1.54) is 34.4 Å². The normalized spacial score (nSPS) is 17.3. The van der Waals surface area contributed by atoms with Crippen molar-refractivity contribution in [2.24, 2.45) is 0 Å².